The Morgan fingerprint density at radius 2 is 1.87 bits per heavy atom. The molecule has 0 atom stereocenters. The number of esters is 1. The quantitative estimate of drug-likeness (QED) is 0.365. The number of aromatic nitrogens is 3. The van der Waals surface area contributed by atoms with Gasteiger partial charge < -0.3 is 9.47 Å². The molecule has 2 aromatic heterocycles. The fraction of sp³-hybridized carbons (Fsp3) is 0.0909. The van der Waals surface area contributed by atoms with Gasteiger partial charge in [0.25, 0.3) is 5.56 Å². The maximum absolute atomic E-state index is 12.7. The molecule has 150 valence electrons. The van der Waals surface area contributed by atoms with Gasteiger partial charge in [0.1, 0.15) is 11.5 Å². The van der Waals surface area contributed by atoms with E-state index < -0.39 is 5.97 Å². The number of fused-ring (bicyclic) bond motifs is 1. The SMILES string of the molecule is COc1ccc(C=Cc2nc3sc(=Cc4cccc(OC(C)=O)c4)c(=O)n3n2)cc1. The van der Waals surface area contributed by atoms with Crippen LogP contribution < -0.4 is 19.6 Å². The van der Waals surface area contributed by atoms with Crippen LogP contribution in [0.25, 0.3) is 23.2 Å². The number of hydrogen-bond acceptors (Lipinski definition) is 7. The van der Waals surface area contributed by atoms with Crippen LogP contribution >= 0.6 is 11.3 Å². The molecule has 0 unspecified atom stereocenters. The highest BCUT2D eigenvalue weighted by Crippen LogP contribution is 2.15. The summed E-state index contributed by atoms with van der Waals surface area (Å²) >= 11 is 1.25. The van der Waals surface area contributed by atoms with Crippen LogP contribution in [0.15, 0.2) is 53.3 Å². The van der Waals surface area contributed by atoms with Crippen LogP contribution in [0, 0.1) is 0 Å². The Balaban J connectivity index is 1.60. The fourth-order valence-corrected chi connectivity index (χ4v) is 3.71. The van der Waals surface area contributed by atoms with Crippen LogP contribution in [-0.4, -0.2) is 27.7 Å². The van der Waals surface area contributed by atoms with Crippen molar-refractivity contribution in [2.75, 3.05) is 7.11 Å². The molecule has 8 heteroatoms. The minimum absolute atomic E-state index is 0.246. The summed E-state index contributed by atoms with van der Waals surface area (Å²) in [5, 5.41) is 4.28. The highest BCUT2D eigenvalue weighted by atomic mass is 32.1. The molecule has 0 saturated carbocycles. The van der Waals surface area contributed by atoms with Gasteiger partial charge in [0, 0.05) is 6.92 Å². The van der Waals surface area contributed by atoms with E-state index in [1.807, 2.05) is 36.4 Å². The van der Waals surface area contributed by atoms with Gasteiger partial charge in [0.15, 0.2) is 5.82 Å². The van der Waals surface area contributed by atoms with E-state index in [1.54, 1.807) is 37.5 Å². The summed E-state index contributed by atoms with van der Waals surface area (Å²) in [7, 11) is 1.62. The Labute approximate surface area is 175 Å². The Bertz CT molecular complexity index is 1350. The molecular weight excluding hydrogens is 402 g/mol. The van der Waals surface area contributed by atoms with Gasteiger partial charge in [-0.2, -0.15) is 9.50 Å². The Morgan fingerprint density at radius 3 is 2.57 bits per heavy atom. The Morgan fingerprint density at radius 1 is 1.07 bits per heavy atom. The number of thiazole rings is 1. The lowest BCUT2D eigenvalue weighted by molar-refractivity contribution is -0.131. The monoisotopic (exact) mass is 419 g/mol. The zero-order valence-electron chi connectivity index (χ0n) is 16.2. The van der Waals surface area contributed by atoms with Crippen LogP contribution in [0.1, 0.15) is 23.9 Å². The maximum atomic E-state index is 12.7. The number of carbonyl (C=O) groups excluding carboxylic acids is 1. The smallest absolute Gasteiger partial charge is 0.308 e. The molecule has 30 heavy (non-hydrogen) atoms. The lowest BCUT2D eigenvalue weighted by Gasteiger charge is -2.01. The van der Waals surface area contributed by atoms with Gasteiger partial charge in [0.2, 0.25) is 4.96 Å². The van der Waals surface area contributed by atoms with Crippen LogP contribution in [-0.2, 0) is 4.79 Å². The molecule has 0 saturated heterocycles. The van der Waals surface area contributed by atoms with E-state index >= 15 is 0 Å². The molecule has 4 aromatic rings. The summed E-state index contributed by atoms with van der Waals surface area (Å²) < 4.78 is 12.0. The number of carbonyl (C=O) groups is 1. The highest BCUT2D eigenvalue weighted by molar-refractivity contribution is 7.15. The van der Waals surface area contributed by atoms with Crippen LogP contribution in [0.3, 0.4) is 0 Å². The minimum Gasteiger partial charge on any atom is -0.497 e. The molecule has 4 rings (SSSR count). The Kier molecular flexibility index (Phi) is 5.40. The molecule has 0 aliphatic heterocycles. The van der Waals surface area contributed by atoms with Crippen molar-refractivity contribution in [1.29, 1.82) is 0 Å². The molecule has 0 spiro atoms. The van der Waals surface area contributed by atoms with Crippen molar-refractivity contribution in [3.8, 4) is 11.5 Å². The van der Waals surface area contributed by atoms with E-state index in [-0.39, 0.29) is 5.56 Å². The first-order valence-electron chi connectivity index (χ1n) is 9.04. The molecule has 2 heterocycles. The number of hydrogen-bond donors (Lipinski definition) is 0. The van der Waals surface area contributed by atoms with Gasteiger partial charge in [-0.05, 0) is 47.5 Å². The molecule has 0 radical (unpaired) electrons. The first-order valence-corrected chi connectivity index (χ1v) is 9.85. The zero-order chi connectivity index (χ0) is 21.1. The van der Waals surface area contributed by atoms with Crippen molar-refractivity contribution < 1.29 is 14.3 Å². The molecule has 0 fully saturated rings. The average Bonchev–Trinajstić information content (AvgIpc) is 3.25. The fourth-order valence-electron chi connectivity index (χ4n) is 2.79. The molecule has 7 nitrogen and oxygen atoms in total. The van der Waals surface area contributed by atoms with Crippen molar-refractivity contribution in [2.24, 2.45) is 0 Å². The van der Waals surface area contributed by atoms with E-state index in [1.165, 1.54) is 22.8 Å². The topological polar surface area (TPSA) is 82.8 Å². The predicted molar refractivity (Wildman–Crippen MR) is 116 cm³/mol. The standard InChI is InChI=1S/C22H17N3O4S/c1-14(26)29-18-5-3-4-16(12-18)13-19-21(27)25-22(30-19)23-20(24-25)11-8-15-6-9-17(28-2)10-7-15/h3-13H,1-2H3. The molecule has 0 N–H and O–H groups in total. The highest BCUT2D eigenvalue weighted by Gasteiger charge is 2.09. The number of methoxy groups -OCH3 is 1. The molecule has 2 aromatic carbocycles. The van der Waals surface area contributed by atoms with E-state index in [2.05, 4.69) is 10.1 Å². The number of rotatable bonds is 5. The van der Waals surface area contributed by atoms with E-state index in [0.29, 0.717) is 21.1 Å². The third kappa shape index (κ3) is 4.28. The molecule has 0 aliphatic carbocycles. The normalized spacial score (nSPS) is 12.0. The van der Waals surface area contributed by atoms with Crippen molar-refractivity contribution in [3.63, 3.8) is 0 Å². The second kappa shape index (κ2) is 8.30. The molecule has 0 aliphatic rings. The first kappa shape index (κ1) is 19.5. The maximum Gasteiger partial charge on any atom is 0.308 e. The van der Waals surface area contributed by atoms with Gasteiger partial charge in [-0.1, -0.05) is 41.7 Å². The summed E-state index contributed by atoms with van der Waals surface area (Å²) in [5.74, 6) is 1.27. The van der Waals surface area contributed by atoms with Gasteiger partial charge in [-0.15, -0.1) is 5.10 Å². The van der Waals surface area contributed by atoms with Crippen LogP contribution in [0.2, 0.25) is 0 Å². The average molecular weight is 419 g/mol. The molecule has 0 amide bonds. The third-order valence-corrected chi connectivity index (χ3v) is 5.12. The van der Waals surface area contributed by atoms with Crippen molar-refractivity contribution in [3.05, 3.63) is 80.4 Å². The van der Waals surface area contributed by atoms with Gasteiger partial charge >= 0.3 is 5.97 Å². The predicted octanol–water partition coefficient (Wildman–Crippen LogP) is 2.80. The summed E-state index contributed by atoms with van der Waals surface area (Å²) in [4.78, 5) is 28.7. The van der Waals surface area contributed by atoms with Gasteiger partial charge in [0.05, 0.1) is 11.6 Å². The zero-order valence-corrected chi connectivity index (χ0v) is 17.1. The van der Waals surface area contributed by atoms with Gasteiger partial charge in [-0.3, -0.25) is 9.59 Å². The third-order valence-electron chi connectivity index (χ3n) is 4.16. The van der Waals surface area contributed by atoms with Crippen molar-refractivity contribution in [2.45, 2.75) is 6.92 Å². The molecule has 0 bridgehead atoms. The largest absolute Gasteiger partial charge is 0.497 e. The van der Waals surface area contributed by atoms with Crippen LogP contribution in [0.4, 0.5) is 0 Å². The number of ether oxygens (including phenoxy) is 2. The first-order chi connectivity index (χ1) is 14.5. The lowest BCUT2D eigenvalue weighted by atomic mass is 10.2. The van der Waals surface area contributed by atoms with Crippen molar-refractivity contribution >= 4 is 40.5 Å². The number of benzene rings is 2. The van der Waals surface area contributed by atoms with E-state index in [0.717, 1.165) is 16.9 Å². The van der Waals surface area contributed by atoms with Crippen molar-refractivity contribution in [1.82, 2.24) is 14.6 Å². The van der Waals surface area contributed by atoms with E-state index in [9.17, 15) is 9.59 Å². The lowest BCUT2D eigenvalue weighted by Crippen LogP contribution is -2.23. The summed E-state index contributed by atoms with van der Waals surface area (Å²) in [5.41, 5.74) is 1.47. The number of nitrogens with zero attached hydrogens (tertiary/aromatic N) is 3. The summed E-state index contributed by atoms with van der Waals surface area (Å²) in [6, 6.07) is 14.5. The minimum atomic E-state index is -0.398. The summed E-state index contributed by atoms with van der Waals surface area (Å²) in [6.07, 6.45) is 5.35. The Hall–Kier alpha value is -3.78. The summed E-state index contributed by atoms with van der Waals surface area (Å²) in [6.45, 7) is 1.34. The second-order valence-electron chi connectivity index (χ2n) is 6.35. The second-order valence-corrected chi connectivity index (χ2v) is 7.36. The molecular formula is C22H17N3O4S. The van der Waals surface area contributed by atoms with Gasteiger partial charge in [-0.25, -0.2) is 0 Å². The van der Waals surface area contributed by atoms with E-state index in [4.69, 9.17) is 9.47 Å². The van der Waals surface area contributed by atoms with Crippen LogP contribution in [0.5, 0.6) is 11.5 Å².